The van der Waals surface area contributed by atoms with Crippen LogP contribution < -0.4 is 15.0 Å². The molecule has 4 heteroatoms. The summed E-state index contributed by atoms with van der Waals surface area (Å²) in [6.07, 6.45) is 3.09. The maximum atomic E-state index is 13.7. The summed E-state index contributed by atoms with van der Waals surface area (Å²) in [6, 6.07) is 28.5. The van der Waals surface area contributed by atoms with Crippen LogP contribution in [0.5, 0.6) is 5.75 Å². The number of rotatable bonds is 6. The van der Waals surface area contributed by atoms with Crippen molar-refractivity contribution in [2.45, 2.75) is 32.4 Å². The number of aryl methyl sites for hydroxylation is 1. The lowest BCUT2D eigenvalue weighted by molar-refractivity contribution is 0.0975. The molecular formula is C29H28N2O2. The Morgan fingerprint density at radius 3 is 2.45 bits per heavy atom. The van der Waals surface area contributed by atoms with Crippen molar-refractivity contribution < 1.29 is 9.53 Å². The Balaban J connectivity index is 1.57. The number of carbonyl (C=O) groups excluding carboxylic acids is 1. The summed E-state index contributed by atoms with van der Waals surface area (Å²) < 4.78 is 5.37. The molecule has 166 valence electrons. The number of carbonyl (C=O) groups is 1. The van der Waals surface area contributed by atoms with Gasteiger partial charge in [0.1, 0.15) is 11.9 Å². The SMILES string of the molecule is CCCCc1ccc(N2C(=O)c3ccccc3NC2c2ccc3cc(OC)ccc3c2)cc1. The van der Waals surface area contributed by atoms with Crippen LogP contribution in [0.4, 0.5) is 11.4 Å². The third-order valence-electron chi connectivity index (χ3n) is 6.35. The minimum Gasteiger partial charge on any atom is -0.497 e. The van der Waals surface area contributed by atoms with Gasteiger partial charge in [0.25, 0.3) is 5.91 Å². The molecule has 0 saturated carbocycles. The number of anilines is 2. The number of hydrogen-bond acceptors (Lipinski definition) is 3. The van der Waals surface area contributed by atoms with Gasteiger partial charge in [-0.2, -0.15) is 0 Å². The Labute approximate surface area is 194 Å². The van der Waals surface area contributed by atoms with Crippen LogP contribution >= 0.6 is 0 Å². The number of para-hydroxylation sites is 1. The molecule has 1 N–H and O–H groups in total. The molecule has 4 aromatic carbocycles. The fraction of sp³-hybridized carbons (Fsp3) is 0.207. The second-order valence-corrected chi connectivity index (χ2v) is 8.51. The van der Waals surface area contributed by atoms with E-state index in [1.54, 1.807) is 7.11 Å². The van der Waals surface area contributed by atoms with Crippen LogP contribution in [-0.2, 0) is 6.42 Å². The summed E-state index contributed by atoms with van der Waals surface area (Å²) in [5, 5.41) is 5.82. The van der Waals surface area contributed by atoms with Crippen molar-refractivity contribution in [2.24, 2.45) is 0 Å². The van der Waals surface area contributed by atoms with Gasteiger partial charge in [-0.15, -0.1) is 0 Å². The molecule has 1 heterocycles. The molecule has 1 aliphatic rings. The van der Waals surface area contributed by atoms with E-state index in [9.17, 15) is 4.79 Å². The predicted octanol–water partition coefficient (Wildman–Crippen LogP) is 6.96. The van der Waals surface area contributed by atoms with Gasteiger partial charge in [-0.3, -0.25) is 9.69 Å². The van der Waals surface area contributed by atoms with E-state index < -0.39 is 0 Å². The highest BCUT2D eigenvalue weighted by Crippen LogP contribution is 2.37. The van der Waals surface area contributed by atoms with Gasteiger partial charge in [0.15, 0.2) is 0 Å². The molecule has 0 aliphatic carbocycles. The number of hydrogen-bond donors (Lipinski definition) is 1. The summed E-state index contributed by atoms with van der Waals surface area (Å²) in [5.41, 5.74) is 4.77. The lowest BCUT2D eigenvalue weighted by Gasteiger charge is -2.38. The molecule has 0 radical (unpaired) electrons. The molecule has 1 amide bonds. The van der Waals surface area contributed by atoms with Crippen LogP contribution in [0.15, 0.2) is 84.9 Å². The zero-order chi connectivity index (χ0) is 22.8. The third-order valence-corrected chi connectivity index (χ3v) is 6.35. The van der Waals surface area contributed by atoms with Gasteiger partial charge in [-0.25, -0.2) is 0 Å². The maximum Gasteiger partial charge on any atom is 0.262 e. The fourth-order valence-corrected chi connectivity index (χ4v) is 4.50. The van der Waals surface area contributed by atoms with Crippen molar-refractivity contribution in [3.63, 3.8) is 0 Å². The molecule has 0 saturated heterocycles. The normalized spacial score (nSPS) is 15.3. The van der Waals surface area contributed by atoms with E-state index in [4.69, 9.17) is 4.74 Å². The number of nitrogens with zero attached hydrogens (tertiary/aromatic N) is 1. The summed E-state index contributed by atoms with van der Waals surface area (Å²) in [4.78, 5) is 15.5. The summed E-state index contributed by atoms with van der Waals surface area (Å²) in [5.74, 6) is 0.838. The van der Waals surface area contributed by atoms with E-state index in [1.807, 2.05) is 41.3 Å². The van der Waals surface area contributed by atoms with E-state index in [1.165, 1.54) is 18.4 Å². The highest BCUT2D eigenvalue weighted by molar-refractivity contribution is 6.12. The molecule has 1 atom stereocenters. The number of ether oxygens (including phenoxy) is 1. The van der Waals surface area contributed by atoms with Crippen LogP contribution in [0.25, 0.3) is 10.8 Å². The molecule has 1 unspecified atom stereocenters. The summed E-state index contributed by atoms with van der Waals surface area (Å²) in [7, 11) is 1.68. The topological polar surface area (TPSA) is 41.6 Å². The molecule has 1 aliphatic heterocycles. The quantitative estimate of drug-likeness (QED) is 0.355. The first-order valence-corrected chi connectivity index (χ1v) is 11.5. The number of methoxy groups -OCH3 is 1. The van der Waals surface area contributed by atoms with Crippen LogP contribution in [0.3, 0.4) is 0 Å². The van der Waals surface area contributed by atoms with Crippen LogP contribution in [-0.4, -0.2) is 13.0 Å². The van der Waals surface area contributed by atoms with Crippen molar-refractivity contribution in [3.8, 4) is 5.75 Å². The lowest BCUT2D eigenvalue weighted by atomic mass is 9.99. The number of amides is 1. The molecule has 0 aromatic heterocycles. The molecule has 5 rings (SSSR count). The van der Waals surface area contributed by atoms with Gasteiger partial charge < -0.3 is 10.1 Å². The molecule has 33 heavy (non-hydrogen) atoms. The minimum absolute atomic E-state index is 0.00508. The Morgan fingerprint density at radius 1 is 0.909 bits per heavy atom. The third kappa shape index (κ3) is 4.05. The van der Waals surface area contributed by atoms with Crippen LogP contribution in [0.2, 0.25) is 0 Å². The molecular weight excluding hydrogens is 408 g/mol. The number of nitrogens with one attached hydrogen (secondary N) is 1. The largest absolute Gasteiger partial charge is 0.497 e. The number of benzene rings is 4. The van der Waals surface area contributed by atoms with E-state index in [0.29, 0.717) is 5.56 Å². The fourth-order valence-electron chi connectivity index (χ4n) is 4.50. The Bertz CT molecular complexity index is 1300. The Hall–Kier alpha value is -3.79. The zero-order valence-corrected chi connectivity index (χ0v) is 19.0. The molecule has 0 fully saturated rings. The van der Waals surface area contributed by atoms with Crippen LogP contribution in [0.1, 0.15) is 47.4 Å². The van der Waals surface area contributed by atoms with Crippen molar-refractivity contribution >= 4 is 28.1 Å². The average Bonchev–Trinajstić information content (AvgIpc) is 2.87. The van der Waals surface area contributed by atoms with Gasteiger partial charge >= 0.3 is 0 Å². The zero-order valence-electron chi connectivity index (χ0n) is 19.0. The second-order valence-electron chi connectivity index (χ2n) is 8.51. The predicted molar refractivity (Wildman–Crippen MR) is 135 cm³/mol. The van der Waals surface area contributed by atoms with Gasteiger partial charge in [0, 0.05) is 11.4 Å². The number of fused-ring (bicyclic) bond motifs is 2. The van der Waals surface area contributed by atoms with Crippen molar-refractivity contribution in [2.75, 3.05) is 17.3 Å². The van der Waals surface area contributed by atoms with Crippen LogP contribution in [0, 0.1) is 0 Å². The molecule has 4 aromatic rings. The first-order valence-electron chi connectivity index (χ1n) is 11.5. The second kappa shape index (κ2) is 8.99. The van der Waals surface area contributed by atoms with Gasteiger partial charge in [-0.05, 0) is 77.2 Å². The van der Waals surface area contributed by atoms with Gasteiger partial charge in [0.2, 0.25) is 0 Å². The van der Waals surface area contributed by atoms with Gasteiger partial charge in [-0.1, -0.05) is 55.8 Å². The highest BCUT2D eigenvalue weighted by atomic mass is 16.5. The lowest BCUT2D eigenvalue weighted by Crippen LogP contribution is -2.43. The molecule has 0 spiro atoms. The summed E-state index contributed by atoms with van der Waals surface area (Å²) >= 11 is 0. The van der Waals surface area contributed by atoms with E-state index >= 15 is 0 Å². The first-order chi connectivity index (χ1) is 16.2. The number of unbranched alkanes of at least 4 members (excludes halogenated alkanes) is 1. The smallest absolute Gasteiger partial charge is 0.262 e. The van der Waals surface area contributed by atoms with Crippen molar-refractivity contribution in [1.82, 2.24) is 0 Å². The minimum atomic E-state index is -0.305. The molecule has 4 nitrogen and oxygen atoms in total. The van der Waals surface area contributed by atoms with E-state index in [-0.39, 0.29) is 12.1 Å². The highest BCUT2D eigenvalue weighted by Gasteiger charge is 2.34. The first kappa shape index (κ1) is 21.1. The van der Waals surface area contributed by atoms with Gasteiger partial charge in [0.05, 0.1) is 12.7 Å². The Kier molecular flexibility index (Phi) is 5.74. The molecule has 0 bridgehead atoms. The van der Waals surface area contributed by atoms with E-state index in [2.05, 4.69) is 60.8 Å². The Morgan fingerprint density at radius 2 is 1.67 bits per heavy atom. The average molecular weight is 437 g/mol. The standard InChI is InChI=1S/C29H28N2O2/c1-3-4-7-20-10-15-24(16-11-20)31-28(30-27-9-6-5-8-26(27)29(31)32)23-13-12-22-19-25(33-2)17-14-21(22)18-23/h5-6,8-19,28,30H,3-4,7H2,1-2H3. The maximum absolute atomic E-state index is 13.7. The van der Waals surface area contributed by atoms with E-state index in [0.717, 1.165) is 39.9 Å². The summed E-state index contributed by atoms with van der Waals surface area (Å²) in [6.45, 7) is 2.20. The monoisotopic (exact) mass is 436 g/mol. The van der Waals surface area contributed by atoms with Crippen molar-refractivity contribution in [1.29, 1.82) is 0 Å². The van der Waals surface area contributed by atoms with Crippen molar-refractivity contribution in [3.05, 3.63) is 102 Å².